The first-order valence-corrected chi connectivity index (χ1v) is 7.18. The van der Waals surface area contributed by atoms with E-state index < -0.39 is 0 Å². The van der Waals surface area contributed by atoms with Crippen LogP contribution in [0.1, 0.15) is 44.5 Å². The summed E-state index contributed by atoms with van der Waals surface area (Å²) in [7, 11) is 0. The summed E-state index contributed by atoms with van der Waals surface area (Å²) in [5.41, 5.74) is 0.319. The van der Waals surface area contributed by atoms with Gasteiger partial charge in [0.15, 0.2) is 5.78 Å². The molecule has 1 heterocycles. The number of hydrogen-bond acceptors (Lipinski definition) is 2. The molecule has 0 N–H and O–H groups in total. The van der Waals surface area contributed by atoms with E-state index in [2.05, 4.69) is 43.6 Å². The molecular weight excluding hydrogens is 292 g/mol. The second kappa shape index (κ2) is 4.69. The standard InChI is InChI=1S/C15H19BrO2/c1-9(2)15(10(3)4)8-13(17)12-7-11(16)5-6-14(12)18-15/h5-7,9-10H,8H2,1-4H3. The van der Waals surface area contributed by atoms with Crippen LogP contribution in [0.5, 0.6) is 5.75 Å². The van der Waals surface area contributed by atoms with Crippen LogP contribution in [0.3, 0.4) is 0 Å². The second-order valence-electron chi connectivity index (χ2n) is 5.61. The molecule has 0 amide bonds. The highest BCUT2D eigenvalue weighted by molar-refractivity contribution is 9.10. The Hall–Kier alpha value is -0.830. The van der Waals surface area contributed by atoms with Gasteiger partial charge in [0.1, 0.15) is 11.4 Å². The zero-order valence-corrected chi connectivity index (χ0v) is 12.9. The molecule has 0 saturated heterocycles. The fraction of sp³-hybridized carbons (Fsp3) is 0.533. The highest BCUT2D eigenvalue weighted by atomic mass is 79.9. The van der Waals surface area contributed by atoms with Crippen molar-refractivity contribution in [3.63, 3.8) is 0 Å². The first kappa shape index (κ1) is 13.6. The Bertz CT molecular complexity index is 469. The average Bonchev–Trinajstić information content (AvgIpc) is 2.29. The predicted octanol–water partition coefficient (Wildman–Crippen LogP) is 4.47. The van der Waals surface area contributed by atoms with Crippen molar-refractivity contribution in [1.82, 2.24) is 0 Å². The minimum atomic E-state index is -0.377. The summed E-state index contributed by atoms with van der Waals surface area (Å²) in [4.78, 5) is 12.4. The van der Waals surface area contributed by atoms with Crippen LogP contribution in [0.2, 0.25) is 0 Å². The average molecular weight is 311 g/mol. The summed E-state index contributed by atoms with van der Waals surface area (Å²) < 4.78 is 7.14. The van der Waals surface area contributed by atoms with E-state index in [1.807, 2.05) is 18.2 Å². The molecule has 98 valence electrons. The van der Waals surface area contributed by atoms with Crippen LogP contribution in [0.4, 0.5) is 0 Å². The number of fused-ring (bicyclic) bond motifs is 1. The SMILES string of the molecule is CC(C)C1(C(C)C)CC(=O)c2cc(Br)ccc2O1. The normalized spacial score (nSPS) is 17.8. The Labute approximate surface area is 117 Å². The number of Topliss-reactive ketones (excluding diaryl/α,β-unsaturated/α-hetero) is 1. The van der Waals surface area contributed by atoms with E-state index in [0.717, 1.165) is 10.2 Å². The summed E-state index contributed by atoms with van der Waals surface area (Å²) in [6.45, 7) is 8.49. The quantitative estimate of drug-likeness (QED) is 0.806. The molecule has 2 rings (SSSR count). The maximum Gasteiger partial charge on any atom is 0.170 e. The summed E-state index contributed by atoms with van der Waals surface area (Å²) in [6.07, 6.45) is 0.464. The van der Waals surface area contributed by atoms with Gasteiger partial charge in [-0.1, -0.05) is 43.6 Å². The van der Waals surface area contributed by atoms with Crippen LogP contribution in [-0.4, -0.2) is 11.4 Å². The molecule has 1 aromatic carbocycles. The molecule has 2 nitrogen and oxygen atoms in total. The van der Waals surface area contributed by atoms with Gasteiger partial charge in [0.05, 0.1) is 12.0 Å². The van der Waals surface area contributed by atoms with Crippen LogP contribution in [-0.2, 0) is 0 Å². The number of carbonyl (C=O) groups is 1. The summed E-state index contributed by atoms with van der Waals surface area (Å²) in [5.74, 6) is 1.51. The van der Waals surface area contributed by atoms with Gasteiger partial charge in [-0.3, -0.25) is 4.79 Å². The third-order valence-corrected chi connectivity index (χ3v) is 4.43. The Morgan fingerprint density at radius 1 is 1.22 bits per heavy atom. The minimum absolute atomic E-state index is 0.181. The Kier molecular flexibility index (Phi) is 3.54. The largest absolute Gasteiger partial charge is 0.486 e. The zero-order chi connectivity index (χ0) is 13.5. The number of benzene rings is 1. The van der Waals surface area contributed by atoms with Crippen LogP contribution in [0.25, 0.3) is 0 Å². The van der Waals surface area contributed by atoms with Crippen LogP contribution < -0.4 is 4.74 Å². The lowest BCUT2D eigenvalue weighted by atomic mass is 9.74. The maximum atomic E-state index is 12.4. The smallest absolute Gasteiger partial charge is 0.170 e. The minimum Gasteiger partial charge on any atom is -0.486 e. The number of hydrogen-bond donors (Lipinski definition) is 0. The first-order valence-electron chi connectivity index (χ1n) is 6.38. The van der Waals surface area contributed by atoms with Gasteiger partial charge in [0.2, 0.25) is 0 Å². The fourth-order valence-corrected chi connectivity index (χ4v) is 3.07. The Morgan fingerprint density at radius 3 is 2.39 bits per heavy atom. The third-order valence-electron chi connectivity index (χ3n) is 3.93. The molecule has 0 fully saturated rings. The number of ketones is 1. The first-order chi connectivity index (χ1) is 8.36. The van der Waals surface area contributed by atoms with E-state index >= 15 is 0 Å². The third kappa shape index (κ3) is 2.09. The van der Waals surface area contributed by atoms with Gasteiger partial charge < -0.3 is 4.74 Å². The Morgan fingerprint density at radius 2 is 1.83 bits per heavy atom. The molecule has 1 aliphatic rings. The van der Waals surface area contributed by atoms with Gasteiger partial charge in [0.25, 0.3) is 0 Å². The van der Waals surface area contributed by atoms with Crippen molar-refractivity contribution in [2.24, 2.45) is 11.8 Å². The highest BCUT2D eigenvalue weighted by Crippen LogP contribution is 2.42. The highest BCUT2D eigenvalue weighted by Gasteiger charge is 2.45. The van der Waals surface area contributed by atoms with Crippen molar-refractivity contribution in [1.29, 1.82) is 0 Å². The van der Waals surface area contributed by atoms with Gasteiger partial charge >= 0.3 is 0 Å². The van der Waals surface area contributed by atoms with Crippen molar-refractivity contribution >= 4 is 21.7 Å². The van der Waals surface area contributed by atoms with E-state index in [9.17, 15) is 4.79 Å². The Balaban J connectivity index is 2.49. The van der Waals surface area contributed by atoms with Crippen LogP contribution in [0, 0.1) is 11.8 Å². The predicted molar refractivity (Wildman–Crippen MR) is 76.1 cm³/mol. The number of carbonyl (C=O) groups excluding carboxylic acids is 1. The lowest BCUT2D eigenvalue weighted by Gasteiger charge is -2.44. The molecule has 0 unspecified atom stereocenters. The monoisotopic (exact) mass is 310 g/mol. The van der Waals surface area contributed by atoms with E-state index in [1.165, 1.54) is 0 Å². The van der Waals surface area contributed by atoms with Crippen molar-refractivity contribution < 1.29 is 9.53 Å². The summed E-state index contributed by atoms with van der Waals surface area (Å²) in [5, 5.41) is 0. The van der Waals surface area contributed by atoms with Gasteiger partial charge in [-0.05, 0) is 30.0 Å². The van der Waals surface area contributed by atoms with Gasteiger partial charge in [0, 0.05) is 4.47 Å². The number of halogens is 1. The second-order valence-corrected chi connectivity index (χ2v) is 6.52. The van der Waals surface area contributed by atoms with E-state index in [-0.39, 0.29) is 11.4 Å². The molecule has 1 aromatic rings. The number of rotatable bonds is 2. The molecular formula is C15H19BrO2. The molecule has 0 spiro atoms. The number of ether oxygens (including phenoxy) is 1. The molecule has 0 radical (unpaired) electrons. The van der Waals surface area contributed by atoms with Gasteiger partial charge in [-0.2, -0.15) is 0 Å². The molecule has 0 atom stereocenters. The van der Waals surface area contributed by atoms with Crippen molar-refractivity contribution in [3.05, 3.63) is 28.2 Å². The van der Waals surface area contributed by atoms with Crippen LogP contribution >= 0.6 is 15.9 Å². The van der Waals surface area contributed by atoms with Crippen molar-refractivity contribution in [2.75, 3.05) is 0 Å². The van der Waals surface area contributed by atoms with Crippen LogP contribution in [0.15, 0.2) is 22.7 Å². The van der Waals surface area contributed by atoms with Gasteiger partial charge in [-0.15, -0.1) is 0 Å². The molecule has 18 heavy (non-hydrogen) atoms. The van der Waals surface area contributed by atoms with E-state index in [1.54, 1.807) is 0 Å². The summed E-state index contributed by atoms with van der Waals surface area (Å²) >= 11 is 3.40. The molecule has 0 bridgehead atoms. The molecule has 0 saturated carbocycles. The summed E-state index contributed by atoms with van der Waals surface area (Å²) in [6, 6.07) is 5.65. The lowest BCUT2D eigenvalue weighted by molar-refractivity contribution is -0.0304. The topological polar surface area (TPSA) is 26.3 Å². The molecule has 0 aromatic heterocycles. The molecule has 1 aliphatic heterocycles. The zero-order valence-electron chi connectivity index (χ0n) is 11.3. The van der Waals surface area contributed by atoms with E-state index in [4.69, 9.17) is 4.74 Å². The van der Waals surface area contributed by atoms with E-state index in [0.29, 0.717) is 23.8 Å². The fourth-order valence-electron chi connectivity index (χ4n) is 2.71. The lowest BCUT2D eigenvalue weighted by Crippen LogP contribution is -2.50. The molecule has 3 heteroatoms. The van der Waals surface area contributed by atoms with Crippen molar-refractivity contribution in [2.45, 2.75) is 39.7 Å². The molecule has 0 aliphatic carbocycles. The maximum absolute atomic E-state index is 12.4. The van der Waals surface area contributed by atoms with Crippen molar-refractivity contribution in [3.8, 4) is 5.75 Å². The van der Waals surface area contributed by atoms with Gasteiger partial charge in [-0.25, -0.2) is 0 Å².